The number of benzene rings is 1. The van der Waals surface area contributed by atoms with Gasteiger partial charge in [-0.3, -0.25) is 4.79 Å². The first kappa shape index (κ1) is 21.0. The van der Waals surface area contributed by atoms with Gasteiger partial charge in [-0.2, -0.15) is 0 Å². The van der Waals surface area contributed by atoms with Crippen molar-refractivity contribution in [1.82, 2.24) is 5.32 Å². The van der Waals surface area contributed by atoms with Crippen LogP contribution in [0.3, 0.4) is 0 Å². The van der Waals surface area contributed by atoms with Crippen molar-refractivity contribution >= 4 is 42.1 Å². The number of amides is 1. The lowest BCUT2D eigenvalue weighted by molar-refractivity contribution is -0.116. The van der Waals surface area contributed by atoms with E-state index in [9.17, 15) is 4.79 Å². The molecule has 0 heterocycles. The number of hydrogen-bond acceptors (Lipinski definition) is 3. The maximum Gasteiger partial charge on any atom is 0.225 e. The van der Waals surface area contributed by atoms with Crippen LogP contribution in [0.2, 0.25) is 0 Å². The van der Waals surface area contributed by atoms with Gasteiger partial charge in [0.1, 0.15) is 0 Å². The number of nitrogens with one attached hydrogen (secondary N) is 2. The molecule has 0 aliphatic heterocycles. The van der Waals surface area contributed by atoms with E-state index in [-0.39, 0.29) is 30.7 Å². The number of anilines is 2. The van der Waals surface area contributed by atoms with Crippen LogP contribution in [0, 0.1) is 0 Å². The summed E-state index contributed by atoms with van der Waals surface area (Å²) in [5.74, 6) is 0.0617. The highest BCUT2D eigenvalue weighted by Gasteiger charge is 2.21. The van der Waals surface area contributed by atoms with Crippen LogP contribution in [0.25, 0.3) is 0 Å². The van der Waals surface area contributed by atoms with Crippen molar-refractivity contribution in [3.8, 4) is 0 Å². The first-order valence-corrected chi connectivity index (χ1v) is 7.48. The van der Waals surface area contributed by atoms with Gasteiger partial charge in [0.2, 0.25) is 5.91 Å². The molecule has 0 bridgehead atoms. The van der Waals surface area contributed by atoms with E-state index in [0.29, 0.717) is 19.0 Å². The lowest BCUT2D eigenvalue weighted by Crippen LogP contribution is -2.30. The highest BCUT2D eigenvalue weighted by molar-refractivity contribution is 5.94. The lowest BCUT2D eigenvalue weighted by Gasteiger charge is -2.28. The lowest BCUT2D eigenvalue weighted by atomic mass is 10.1. The van der Waals surface area contributed by atoms with E-state index in [1.54, 1.807) is 0 Å². The SMILES string of the molecule is CNCCC(=O)Nc1ccccc1N(C)C1CCCC1.Cl.Cl. The summed E-state index contributed by atoms with van der Waals surface area (Å²) in [6.45, 7) is 0.701. The zero-order valence-corrected chi connectivity index (χ0v) is 14.9. The number of rotatable bonds is 6. The molecule has 0 atom stereocenters. The van der Waals surface area contributed by atoms with Crippen molar-refractivity contribution in [2.45, 2.75) is 38.1 Å². The molecule has 2 rings (SSSR count). The van der Waals surface area contributed by atoms with E-state index in [1.165, 1.54) is 25.7 Å². The molecule has 0 spiro atoms. The van der Waals surface area contributed by atoms with Crippen LogP contribution in [0.15, 0.2) is 24.3 Å². The summed E-state index contributed by atoms with van der Waals surface area (Å²) >= 11 is 0. The molecular formula is C16H27Cl2N3O. The van der Waals surface area contributed by atoms with Gasteiger partial charge in [0.25, 0.3) is 0 Å². The average molecular weight is 348 g/mol. The summed E-state index contributed by atoms with van der Waals surface area (Å²) in [7, 11) is 3.99. The minimum absolute atomic E-state index is 0. The van der Waals surface area contributed by atoms with Gasteiger partial charge >= 0.3 is 0 Å². The van der Waals surface area contributed by atoms with Gasteiger partial charge in [-0.15, -0.1) is 24.8 Å². The topological polar surface area (TPSA) is 44.4 Å². The second-order valence-electron chi connectivity index (χ2n) is 5.47. The maximum absolute atomic E-state index is 11.9. The third-order valence-electron chi connectivity index (χ3n) is 4.03. The van der Waals surface area contributed by atoms with E-state index in [4.69, 9.17) is 0 Å². The van der Waals surface area contributed by atoms with Crippen molar-refractivity contribution in [2.24, 2.45) is 0 Å². The second-order valence-corrected chi connectivity index (χ2v) is 5.47. The Morgan fingerprint density at radius 1 is 1.23 bits per heavy atom. The van der Waals surface area contributed by atoms with Gasteiger partial charge in [-0.05, 0) is 32.0 Å². The molecule has 0 radical (unpaired) electrons. The minimum Gasteiger partial charge on any atom is -0.370 e. The molecule has 1 fully saturated rings. The zero-order valence-electron chi connectivity index (χ0n) is 13.3. The number of carbonyl (C=O) groups is 1. The molecule has 1 aliphatic rings. The number of nitrogens with zero attached hydrogens (tertiary/aromatic N) is 1. The van der Waals surface area contributed by atoms with Gasteiger partial charge in [0, 0.05) is 26.1 Å². The molecule has 6 heteroatoms. The van der Waals surface area contributed by atoms with E-state index in [0.717, 1.165) is 11.4 Å². The van der Waals surface area contributed by atoms with Gasteiger partial charge < -0.3 is 15.5 Å². The molecule has 0 aromatic heterocycles. The van der Waals surface area contributed by atoms with E-state index < -0.39 is 0 Å². The van der Waals surface area contributed by atoms with E-state index in [1.807, 2.05) is 25.2 Å². The van der Waals surface area contributed by atoms with Crippen molar-refractivity contribution in [3.63, 3.8) is 0 Å². The normalized spacial score (nSPS) is 13.9. The number of carbonyl (C=O) groups excluding carboxylic acids is 1. The van der Waals surface area contributed by atoms with Gasteiger partial charge in [0.15, 0.2) is 0 Å². The molecule has 1 saturated carbocycles. The Bertz CT molecular complexity index is 451. The minimum atomic E-state index is 0. The third kappa shape index (κ3) is 5.67. The molecule has 1 aromatic rings. The average Bonchev–Trinajstić information content (AvgIpc) is 2.99. The van der Waals surface area contributed by atoms with Crippen LogP contribution in [0.1, 0.15) is 32.1 Å². The molecule has 126 valence electrons. The fraction of sp³-hybridized carbons (Fsp3) is 0.562. The quantitative estimate of drug-likeness (QED) is 0.828. The van der Waals surface area contributed by atoms with Crippen molar-refractivity contribution in [2.75, 3.05) is 30.9 Å². The summed E-state index contributed by atoms with van der Waals surface area (Å²) in [6.07, 6.45) is 5.62. The Labute approximate surface area is 145 Å². The summed E-state index contributed by atoms with van der Waals surface area (Å²) in [6, 6.07) is 8.68. The summed E-state index contributed by atoms with van der Waals surface area (Å²) < 4.78 is 0. The molecule has 2 N–H and O–H groups in total. The summed E-state index contributed by atoms with van der Waals surface area (Å²) in [5, 5.41) is 6.02. The van der Waals surface area contributed by atoms with E-state index in [2.05, 4.69) is 28.6 Å². The van der Waals surface area contributed by atoms with Crippen LogP contribution >= 0.6 is 24.8 Å². The third-order valence-corrected chi connectivity index (χ3v) is 4.03. The maximum atomic E-state index is 11.9. The van der Waals surface area contributed by atoms with Crippen LogP contribution in [-0.4, -0.2) is 32.6 Å². The number of hydrogen-bond donors (Lipinski definition) is 2. The standard InChI is InChI=1S/C16H25N3O.2ClH/c1-17-12-11-16(20)18-14-9-5-6-10-15(14)19(2)13-7-3-4-8-13;;/h5-6,9-10,13,17H,3-4,7-8,11-12H2,1-2H3,(H,18,20);2*1H. The fourth-order valence-corrected chi connectivity index (χ4v) is 2.83. The van der Waals surface area contributed by atoms with Gasteiger partial charge in [0.05, 0.1) is 11.4 Å². The molecule has 1 amide bonds. The van der Waals surface area contributed by atoms with Gasteiger partial charge in [-0.25, -0.2) is 0 Å². The molecule has 22 heavy (non-hydrogen) atoms. The molecule has 4 nitrogen and oxygen atoms in total. The predicted molar refractivity (Wildman–Crippen MR) is 98.8 cm³/mol. The molecule has 0 saturated heterocycles. The van der Waals surface area contributed by atoms with Crippen LogP contribution in [0.5, 0.6) is 0 Å². The highest BCUT2D eigenvalue weighted by atomic mass is 35.5. The second kappa shape index (κ2) is 10.7. The van der Waals surface area contributed by atoms with E-state index >= 15 is 0 Å². The monoisotopic (exact) mass is 347 g/mol. The molecule has 1 aromatic carbocycles. The van der Waals surface area contributed by atoms with Crippen molar-refractivity contribution < 1.29 is 4.79 Å². The largest absolute Gasteiger partial charge is 0.370 e. The summed E-state index contributed by atoms with van der Waals surface area (Å²) in [5.41, 5.74) is 2.04. The zero-order chi connectivity index (χ0) is 14.4. The predicted octanol–water partition coefficient (Wildman–Crippen LogP) is 3.46. The Kier molecular flexibility index (Phi) is 10.2. The smallest absolute Gasteiger partial charge is 0.225 e. The summed E-state index contributed by atoms with van der Waals surface area (Å²) in [4.78, 5) is 14.2. The fourth-order valence-electron chi connectivity index (χ4n) is 2.83. The highest BCUT2D eigenvalue weighted by Crippen LogP contribution is 2.31. The molecular weight excluding hydrogens is 321 g/mol. The van der Waals surface area contributed by atoms with Crippen molar-refractivity contribution in [1.29, 1.82) is 0 Å². The number of halogens is 2. The van der Waals surface area contributed by atoms with Crippen LogP contribution in [-0.2, 0) is 4.79 Å². The van der Waals surface area contributed by atoms with Crippen LogP contribution < -0.4 is 15.5 Å². The Morgan fingerprint density at radius 2 is 1.86 bits per heavy atom. The Morgan fingerprint density at radius 3 is 2.50 bits per heavy atom. The molecule has 0 unspecified atom stereocenters. The van der Waals surface area contributed by atoms with Crippen molar-refractivity contribution in [3.05, 3.63) is 24.3 Å². The van der Waals surface area contributed by atoms with Crippen LogP contribution in [0.4, 0.5) is 11.4 Å². The number of para-hydroxylation sites is 2. The first-order chi connectivity index (χ1) is 9.72. The Balaban J connectivity index is 0.00000220. The van der Waals surface area contributed by atoms with Gasteiger partial charge in [-0.1, -0.05) is 25.0 Å². The Hall–Kier alpha value is -0.970. The first-order valence-electron chi connectivity index (χ1n) is 7.48. The molecule has 1 aliphatic carbocycles.